The van der Waals surface area contributed by atoms with Crippen LogP contribution in [0.1, 0.15) is 49.9 Å². The predicted molar refractivity (Wildman–Crippen MR) is 63.7 cm³/mol. The molecule has 2 rings (SSSR count). The summed E-state index contributed by atoms with van der Waals surface area (Å²) in [4.78, 5) is 4.42. The Morgan fingerprint density at radius 2 is 2.24 bits per heavy atom. The molecule has 0 spiro atoms. The summed E-state index contributed by atoms with van der Waals surface area (Å²) in [6.07, 6.45) is 6.90. The quantitative estimate of drug-likeness (QED) is 0.869. The van der Waals surface area contributed by atoms with E-state index in [0.29, 0.717) is 13.0 Å². The van der Waals surface area contributed by atoms with Crippen molar-refractivity contribution in [1.29, 1.82) is 0 Å². The summed E-state index contributed by atoms with van der Waals surface area (Å²) in [5, 5.41) is 7.46. The second-order valence-electron chi connectivity index (χ2n) is 4.50. The summed E-state index contributed by atoms with van der Waals surface area (Å²) >= 11 is 0. The molecule has 0 aliphatic carbocycles. The van der Waals surface area contributed by atoms with Crippen LogP contribution in [-0.2, 0) is 11.2 Å². The molecule has 1 aliphatic rings. The number of nitrogens with one attached hydrogen (secondary N) is 1. The summed E-state index contributed by atoms with van der Waals surface area (Å²) in [6.45, 7) is 1.68. The minimum Gasteiger partial charge on any atom is -0.384 e. The van der Waals surface area contributed by atoms with Crippen LogP contribution in [-0.4, -0.2) is 30.4 Å². The molecule has 5 heteroatoms. The standard InChI is InChI=1S/C12H21N3O2/c1-16-9-7-11-14-12(17-15-11)10-6-4-2-3-5-8-13-10/h10,13H,2-9H2,1H3. The highest BCUT2D eigenvalue weighted by molar-refractivity contribution is 4.93. The summed E-state index contributed by atoms with van der Waals surface area (Å²) in [5.74, 6) is 1.48. The molecule has 1 saturated heterocycles. The van der Waals surface area contributed by atoms with E-state index in [4.69, 9.17) is 9.26 Å². The van der Waals surface area contributed by atoms with Gasteiger partial charge in [0.15, 0.2) is 5.82 Å². The van der Waals surface area contributed by atoms with E-state index >= 15 is 0 Å². The summed E-state index contributed by atoms with van der Waals surface area (Å²) in [5.41, 5.74) is 0. The first kappa shape index (κ1) is 12.5. The molecule has 1 unspecified atom stereocenters. The Balaban J connectivity index is 1.92. The molecule has 2 heterocycles. The first-order valence-corrected chi connectivity index (χ1v) is 6.45. The zero-order chi connectivity index (χ0) is 11.9. The van der Waals surface area contributed by atoms with Gasteiger partial charge in [-0.1, -0.05) is 24.4 Å². The van der Waals surface area contributed by atoms with E-state index in [1.54, 1.807) is 7.11 Å². The molecule has 5 nitrogen and oxygen atoms in total. The van der Waals surface area contributed by atoms with E-state index in [1.165, 1.54) is 25.7 Å². The SMILES string of the molecule is COCCc1noc(C2CCCCCCN2)n1. The average molecular weight is 239 g/mol. The third kappa shape index (κ3) is 3.78. The predicted octanol–water partition coefficient (Wildman–Crippen LogP) is 1.85. The Morgan fingerprint density at radius 1 is 1.35 bits per heavy atom. The summed E-state index contributed by atoms with van der Waals surface area (Å²) < 4.78 is 10.3. The largest absolute Gasteiger partial charge is 0.384 e. The van der Waals surface area contributed by atoms with Gasteiger partial charge in [-0.05, 0) is 19.4 Å². The van der Waals surface area contributed by atoms with Gasteiger partial charge in [-0.25, -0.2) is 0 Å². The van der Waals surface area contributed by atoms with Crippen molar-refractivity contribution in [2.24, 2.45) is 0 Å². The van der Waals surface area contributed by atoms with Crippen LogP contribution in [0.15, 0.2) is 4.52 Å². The third-order valence-electron chi connectivity index (χ3n) is 3.12. The highest BCUT2D eigenvalue weighted by Crippen LogP contribution is 2.21. The number of aromatic nitrogens is 2. The molecule has 1 aromatic heterocycles. The molecule has 1 aliphatic heterocycles. The zero-order valence-electron chi connectivity index (χ0n) is 10.4. The molecule has 0 aromatic carbocycles. The van der Waals surface area contributed by atoms with Crippen LogP contribution in [0.25, 0.3) is 0 Å². The van der Waals surface area contributed by atoms with Crippen molar-refractivity contribution in [1.82, 2.24) is 15.5 Å². The minimum absolute atomic E-state index is 0.235. The average Bonchev–Trinajstić information content (AvgIpc) is 2.74. The van der Waals surface area contributed by atoms with Gasteiger partial charge >= 0.3 is 0 Å². The van der Waals surface area contributed by atoms with Gasteiger partial charge in [0.05, 0.1) is 12.6 Å². The van der Waals surface area contributed by atoms with Crippen molar-refractivity contribution in [3.05, 3.63) is 11.7 Å². The normalized spacial score (nSPS) is 22.1. The maximum Gasteiger partial charge on any atom is 0.243 e. The van der Waals surface area contributed by atoms with Crippen molar-refractivity contribution >= 4 is 0 Å². The maximum atomic E-state index is 5.32. The first-order chi connectivity index (χ1) is 8.40. The molecular weight excluding hydrogens is 218 g/mol. The Hall–Kier alpha value is -0.940. The van der Waals surface area contributed by atoms with E-state index < -0.39 is 0 Å². The molecule has 0 saturated carbocycles. The van der Waals surface area contributed by atoms with Crippen LogP contribution in [0.4, 0.5) is 0 Å². The fraction of sp³-hybridized carbons (Fsp3) is 0.833. The molecule has 1 aromatic rings. The van der Waals surface area contributed by atoms with Gasteiger partial charge in [0.1, 0.15) is 0 Å². The smallest absolute Gasteiger partial charge is 0.243 e. The third-order valence-corrected chi connectivity index (χ3v) is 3.12. The lowest BCUT2D eigenvalue weighted by Crippen LogP contribution is -2.24. The van der Waals surface area contributed by atoms with Gasteiger partial charge in [0, 0.05) is 13.5 Å². The van der Waals surface area contributed by atoms with Gasteiger partial charge < -0.3 is 14.6 Å². The Kier molecular flexibility index (Phi) is 4.94. The maximum absolute atomic E-state index is 5.32. The van der Waals surface area contributed by atoms with Crippen LogP contribution in [0.5, 0.6) is 0 Å². The van der Waals surface area contributed by atoms with E-state index in [9.17, 15) is 0 Å². The molecule has 96 valence electrons. The van der Waals surface area contributed by atoms with E-state index in [-0.39, 0.29) is 6.04 Å². The molecule has 1 N–H and O–H groups in total. The second kappa shape index (κ2) is 6.71. The summed E-state index contributed by atoms with van der Waals surface area (Å²) in [7, 11) is 1.68. The van der Waals surface area contributed by atoms with Crippen molar-refractivity contribution in [3.8, 4) is 0 Å². The molecule has 0 radical (unpaired) electrons. The Bertz CT molecular complexity index is 319. The number of rotatable bonds is 4. The Morgan fingerprint density at radius 3 is 3.12 bits per heavy atom. The van der Waals surface area contributed by atoms with Crippen LogP contribution in [0.2, 0.25) is 0 Å². The van der Waals surface area contributed by atoms with Gasteiger partial charge in [0.25, 0.3) is 0 Å². The van der Waals surface area contributed by atoms with Crippen molar-refractivity contribution < 1.29 is 9.26 Å². The van der Waals surface area contributed by atoms with Gasteiger partial charge in [0.2, 0.25) is 5.89 Å². The zero-order valence-corrected chi connectivity index (χ0v) is 10.4. The van der Waals surface area contributed by atoms with Crippen LogP contribution in [0.3, 0.4) is 0 Å². The lowest BCUT2D eigenvalue weighted by molar-refractivity contribution is 0.199. The van der Waals surface area contributed by atoms with Gasteiger partial charge in [-0.3, -0.25) is 0 Å². The van der Waals surface area contributed by atoms with Crippen LogP contribution in [0, 0.1) is 0 Å². The number of hydrogen-bond donors (Lipinski definition) is 1. The van der Waals surface area contributed by atoms with Gasteiger partial charge in [-0.15, -0.1) is 0 Å². The number of hydrogen-bond acceptors (Lipinski definition) is 5. The molecule has 17 heavy (non-hydrogen) atoms. The molecule has 0 amide bonds. The van der Waals surface area contributed by atoms with E-state index in [1.807, 2.05) is 0 Å². The van der Waals surface area contributed by atoms with Crippen molar-refractivity contribution in [2.45, 2.75) is 44.6 Å². The van der Waals surface area contributed by atoms with Gasteiger partial charge in [-0.2, -0.15) is 4.98 Å². The second-order valence-corrected chi connectivity index (χ2v) is 4.50. The molecule has 0 bridgehead atoms. The highest BCUT2D eigenvalue weighted by Gasteiger charge is 2.19. The summed E-state index contributed by atoms with van der Waals surface area (Å²) in [6, 6.07) is 0.235. The molecular formula is C12H21N3O2. The van der Waals surface area contributed by atoms with Crippen LogP contribution >= 0.6 is 0 Å². The lowest BCUT2D eigenvalue weighted by atomic mass is 10.0. The Labute approximate surface area is 102 Å². The fourth-order valence-electron chi connectivity index (χ4n) is 2.12. The van der Waals surface area contributed by atoms with Crippen molar-refractivity contribution in [2.75, 3.05) is 20.3 Å². The lowest BCUT2D eigenvalue weighted by Gasteiger charge is -2.17. The van der Waals surface area contributed by atoms with E-state index in [2.05, 4.69) is 15.5 Å². The van der Waals surface area contributed by atoms with Crippen molar-refractivity contribution in [3.63, 3.8) is 0 Å². The first-order valence-electron chi connectivity index (χ1n) is 6.45. The topological polar surface area (TPSA) is 60.2 Å². The molecule has 1 fully saturated rings. The van der Waals surface area contributed by atoms with Crippen LogP contribution < -0.4 is 5.32 Å². The monoisotopic (exact) mass is 239 g/mol. The number of nitrogens with zero attached hydrogens (tertiary/aromatic N) is 2. The number of methoxy groups -OCH3 is 1. The minimum atomic E-state index is 0.235. The number of ether oxygens (including phenoxy) is 1. The molecule has 1 atom stereocenters. The highest BCUT2D eigenvalue weighted by atomic mass is 16.5. The van der Waals surface area contributed by atoms with E-state index in [0.717, 1.165) is 24.7 Å². The fourth-order valence-corrected chi connectivity index (χ4v) is 2.12.